The molecule has 3 aromatic carbocycles. The number of carbonyl (C=O) groups is 1. The Morgan fingerprint density at radius 3 is 2.51 bits per heavy atom. The maximum absolute atomic E-state index is 12.2. The Bertz CT molecular complexity index is 1450. The Hall–Kier alpha value is -3.10. The van der Waals surface area contributed by atoms with E-state index in [4.69, 9.17) is 45.3 Å². The van der Waals surface area contributed by atoms with E-state index in [0.29, 0.717) is 31.6 Å². The topological polar surface area (TPSA) is 56.2 Å². The smallest absolute Gasteiger partial charge is 0.263 e. The molecule has 0 bridgehead atoms. The fourth-order valence-corrected chi connectivity index (χ4v) is 5.00. The first-order chi connectivity index (χ1) is 17.0. The van der Waals surface area contributed by atoms with Gasteiger partial charge in [0.25, 0.3) is 5.91 Å². The van der Waals surface area contributed by atoms with Crippen molar-refractivity contribution in [1.29, 1.82) is 0 Å². The number of para-hydroxylation sites is 1. The summed E-state index contributed by atoms with van der Waals surface area (Å²) in [6.07, 6.45) is 3.72. The van der Waals surface area contributed by atoms with Gasteiger partial charge in [-0.25, -0.2) is 4.68 Å². The van der Waals surface area contributed by atoms with Crippen molar-refractivity contribution < 1.29 is 9.53 Å². The van der Waals surface area contributed by atoms with Gasteiger partial charge in [-0.1, -0.05) is 71.4 Å². The van der Waals surface area contributed by atoms with Crippen molar-refractivity contribution in [3.63, 3.8) is 0 Å². The van der Waals surface area contributed by atoms with Crippen LogP contribution in [-0.4, -0.2) is 20.0 Å². The second kappa shape index (κ2) is 10.3. The molecule has 0 aliphatic carbocycles. The van der Waals surface area contributed by atoms with Gasteiger partial charge >= 0.3 is 0 Å². The molecule has 0 saturated carbocycles. The SMILES string of the molecule is O=C1NC(=S)SC1=Cc1cn(-c2ccccc2)nc1-c1ccc(OCc2ccc(Cl)cc2Cl)cc1. The number of ether oxygens (including phenoxy) is 1. The number of thiocarbonyl (C=S) groups is 1. The summed E-state index contributed by atoms with van der Waals surface area (Å²) in [5.41, 5.74) is 4.19. The van der Waals surface area contributed by atoms with Crippen LogP contribution in [0.15, 0.2) is 83.9 Å². The van der Waals surface area contributed by atoms with Gasteiger partial charge in [-0.2, -0.15) is 5.10 Å². The fraction of sp³-hybridized carbons (Fsp3) is 0.0385. The van der Waals surface area contributed by atoms with Gasteiger partial charge < -0.3 is 10.1 Å². The van der Waals surface area contributed by atoms with Gasteiger partial charge in [0.2, 0.25) is 0 Å². The first-order valence-corrected chi connectivity index (χ1v) is 12.5. The molecule has 1 fully saturated rings. The summed E-state index contributed by atoms with van der Waals surface area (Å²) in [7, 11) is 0. The summed E-state index contributed by atoms with van der Waals surface area (Å²) < 4.78 is 8.15. The second-order valence-electron chi connectivity index (χ2n) is 7.61. The highest BCUT2D eigenvalue weighted by atomic mass is 35.5. The molecule has 4 aromatic rings. The lowest BCUT2D eigenvalue weighted by Crippen LogP contribution is -2.17. The quantitative estimate of drug-likeness (QED) is 0.214. The van der Waals surface area contributed by atoms with Crippen molar-refractivity contribution in [1.82, 2.24) is 15.1 Å². The van der Waals surface area contributed by atoms with E-state index in [2.05, 4.69) is 5.32 Å². The van der Waals surface area contributed by atoms with E-state index in [1.807, 2.05) is 72.9 Å². The average molecular weight is 538 g/mol. The molecule has 1 saturated heterocycles. The summed E-state index contributed by atoms with van der Waals surface area (Å²) >= 11 is 18.6. The molecule has 9 heteroatoms. The van der Waals surface area contributed by atoms with Gasteiger partial charge in [-0.15, -0.1) is 0 Å². The third kappa shape index (κ3) is 5.44. The Balaban J connectivity index is 1.44. The number of benzene rings is 3. The number of thioether (sulfide) groups is 1. The lowest BCUT2D eigenvalue weighted by atomic mass is 10.1. The van der Waals surface area contributed by atoms with Crippen LogP contribution in [0.1, 0.15) is 11.1 Å². The molecule has 0 spiro atoms. The number of amides is 1. The van der Waals surface area contributed by atoms with Crippen molar-refractivity contribution >= 4 is 63.5 Å². The van der Waals surface area contributed by atoms with Crippen LogP contribution in [0.5, 0.6) is 5.75 Å². The number of hydrogen-bond acceptors (Lipinski definition) is 5. The zero-order valence-electron chi connectivity index (χ0n) is 18.1. The van der Waals surface area contributed by atoms with E-state index >= 15 is 0 Å². The van der Waals surface area contributed by atoms with E-state index in [1.54, 1.807) is 16.8 Å². The minimum Gasteiger partial charge on any atom is -0.489 e. The number of nitrogens with zero attached hydrogens (tertiary/aromatic N) is 2. The second-order valence-corrected chi connectivity index (χ2v) is 10.2. The Kier molecular flexibility index (Phi) is 6.92. The zero-order chi connectivity index (χ0) is 24.4. The van der Waals surface area contributed by atoms with E-state index < -0.39 is 0 Å². The minimum absolute atomic E-state index is 0.206. The van der Waals surface area contributed by atoms with E-state index in [9.17, 15) is 4.79 Å². The summed E-state index contributed by atoms with van der Waals surface area (Å²) in [6, 6.07) is 22.7. The minimum atomic E-state index is -0.206. The van der Waals surface area contributed by atoms with Crippen LogP contribution >= 0.6 is 47.2 Å². The molecule has 5 nitrogen and oxygen atoms in total. The van der Waals surface area contributed by atoms with Crippen LogP contribution in [-0.2, 0) is 11.4 Å². The standard InChI is InChI=1S/C26H17Cl2N3O2S2/c27-19-9-6-17(22(28)13-19)15-33-21-10-7-16(8-11-21)24-18(12-23-25(32)29-26(34)35-23)14-31(30-24)20-4-2-1-3-5-20/h1-14H,15H2,(H,29,32,34). The van der Waals surface area contributed by atoms with Crippen LogP contribution in [0.25, 0.3) is 23.0 Å². The predicted molar refractivity (Wildman–Crippen MR) is 146 cm³/mol. The van der Waals surface area contributed by atoms with Crippen molar-refractivity contribution in [2.75, 3.05) is 0 Å². The Morgan fingerprint density at radius 1 is 1.06 bits per heavy atom. The van der Waals surface area contributed by atoms with Crippen LogP contribution in [0.2, 0.25) is 10.0 Å². The maximum Gasteiger partial charge on any atom is 0.263 e. The Labute approximate surface area is 221 Å². The van der Waals surface area contributed by atoms with Crippen molar-refractivity contribution in [2.24, 2.45) is 0 Å². The molecule has 1 amide bonds. The molecule has 5 rings (SSSR count). The average Bonchev–Trinajstić information content (AvgIpc) is 3.42. The lowest BCUT2D eigenvalue weighted by Gasteiger charge is -2.09. The van der Waals surface area contributed by atoms with Gasteiger partial charge in [-0.05, 0) is 54.6 Å². The van der Waals surface area contributed by atoms with E-state index in [1.165, 1.54) is 11.8 Å². The maximum atomic E-state index is 12.2. The highest BCUT2D eigenvalue weighted by Crippen LogP contribution is 2.32. The molecule has 1 N–H and O–H groups in total. The molecule has 1 aliphatic rings. The van der Waals surface area contributed by atoms with Crippen molar-refractivity contribution in [3.05, 3.63) is 105 Å². The van der Waals surface area contributed by atoms with Gasteiger partial charge in [-0.3, -0.25) is 4.79 Å². The number of rotatable bonds is 6. The third-order valence-corrected chi connectivity index (χ3v) is 6.98. The van der Waals surface area contributed by atoms with Gasteiger partial charge in [0.15, 0.2) is 0 Å². The highest BCUT2D eigenvalue weighted by Gasteiger charge is 2.23. The molecule has 0 unspecified atom stereocenters. The predicted octanol–water partition coefficient (Wildman–Crippen LogP) is 6.91. The summed E-state index contributed by atoms with van der Waals surface area (Å²) in [5, 5.41) is 8.61. The molecule has 1 aliphatic heterocycles. The molecule has 0 atom stereocenters. The molecule has 174 valence electrons. The normalized spacial score (nSPS) is 14.4. The molecule has 35 heavy (non-hydrogen) atoms. The summed E-state index contributed by atoms with van der Waals surface area (Å²) in [4.78, 5) is 12.8. The monoisotopic (exact) mass is 537 g/mol. The van der Waals surface area contributed by atoms with Crippen LogP contribution < -0.4 is 10.1 Å². The van der Waals surface area contributed by atoms with Gasteiger partial charge in [0, 0.05) is 32.9 Å². The zero-order valence-corrected chi connectivity index (χ0v) is 21.2. The van der Waals surface area contributed by atoms with E-state index in [-0.39, 0.29) is 5.91 Å². The largest absolute Gasteiger partial charge is 0.489 e. The van der Waals surface area contributed by atoms with Crippen molar-refractivity contribution in [2.45, 2.75) is 6.61 Å². The summed E-state index contributed by atoms with van der Waals surface area (Å²) in [5.74, 6) is 0.487. The molecular weight excluding hydrogens is 521 g/mol. The number of nitrogens with one attached hydrogen (secondary N) is 1. The van der Waals surface area contributed by atoms with Crippen LogP contribution in [0, 0.1) is 0 Å². The van der Waals surface area contributed by atoms with Gasteiger partial charge in [0.1, 0.15) is 16.7 Å². The van der Waals surface area contributed by atoms with Crippen LogP contribution in [0.4, 0.5) is 0 Å². The third-order valence-electron chi connectivity index (χ3n) is 5.23. The van der Waals surface area contributed by atoms with Gasteiger partial charge in [0.05, 0.1) is 16.3 Å². The fourth-order valence-electron chi connectivity index (χ4n) is 3.50. The highest BCUT2D eigenvalue weighted by molar-refractivity contribution is 8.26. The van der Waals surface area contributed by atoms with Crippen molar-refractivity contribution in [3.8, 4) is 22.7 Å². The lowest BCUT2D eigenvalue weighted by molar-refractivity contribution is -0.115. The first kappa shape index (κ1) is 23.6. The molecule has 1 aromatic heterocycles. The number of hydrogen-bond donors (Lipinski definition) is 1. The molecular formula is C26H17Cl2N3O2S2. The first-order valence-electron chi connectivity index (χ1n) is 10.5. The number of aromatic nitrogens is 2. The Morgan fingerprint density at radius 2 is 1.83 bits per heavy atom. The van der Waals surface area contributed by atoms with Crippen LogP contribution in [0.3, 0.4) is 0 Å². The summed E-state index contributed by atoms with van der Waals surface area (Å²) in [6.45, 7) is 0.321. The van der Waals surface area contributed by atoms with E-state index in [0.717, 1.165) is 28.1 Å². The number of carbonyl (C=O) groups excluding carboxylic acids is 1. The number of halogens is 2. The molecule has 2 heterocycles. The molecule has 0 radical (unpaired) electrons.